The summed E-state index contributed by atoms with van der Waals surface area (Å²) in [6.07, 6.45) is 1.46. The molecule has 1 aromatic heterocycles. The van der Waals surface area contributed by atoms with Crippen molar-refractivity contribution in [2.45, 2.75) is 20.4 Å². The Morgan fingerprint density at radius 2 is 1.65 bits per heavy atom. The fourth-order valence-electron chi connectivity index (χ4n) is 2.45. The van der Waals surface area contributed by atoms with Gasteiger partial charge in [-0.15, -0.1) is 0 Å². The van der Waals surface area contributed by atoms with Gasteiger partial charge in [-0.05, 0) is 43.7 Å². The largest absolute Gasteiger partial charge is 0.393 e. The van der Waals surface area contributed by atoms with Gasteiger partial charge < -0.3 is 16.4 Å². The van der Waals surface area contributed by atoms with E-state index >= 15 is 0 Å². The molecule has 132 valence electrons. The van der Waals surface area contributed by atoms with Crippen LogP contribution < -0.4 is 16.4 Å². The minimum Gasteiger partial charge on any atom is -0.393 e. The van der Waals surface area contributed by atoms with Crippen LogP contribution in [0.4, 0.5) is 23.0 Å². The molecule has 0 saturated heterocycles. The van der Waals surface area contributed by atoms with Gasteiger partial charge in [-0.1, -0.05) is 29.8 Å². The van der Waals surface area contributed by atoms with Gasteiger partial charge in [0.25, 0.3) is 0 Å². The summed E-state index contributed by atoms with van der Waals surface area (Å²) in [6.45, 7) is 4.21. The van der Waals surface area contributed by atoms with E-state index in [9.17, 15) is 4.79 Å². The molecule has 3 rings (SSSR count). The number of nitrogens with one attached hydrogen (secondary N) is 2. The number of hydrogen-bond acceptors (Lipinski definition) is 6. The van der Waals surface area contributed by atoms with E-state index in [1.54, 1.807) is 12.1 Å². The third kappa shape index (κ3) is 4.16. The van der Waals surface area contributed by atoms with Crippen LogP contribution in [0.5, 0.6) is 0 Å². The number of aromatic nitrogens is 2. The van der Waals surface area contributed by atoms with E-state index in [4.69, 9.17) is 5.73 Å². The quantitative estimate of drug-likeness (QED) is 0.585. The van der Waals surface area contributed by atoms with Crippen LogP contribution in [0.3, 0.4) is 0 Å². The zero-order valence-electron chi connectivity index (χ0n) is 14.8. The molecule has 0 atom stereocenters. The number of hydrogen-bond donors (Lipinski definition) is 3. The highest BCUT2D eigenvalue weighted by Crippen LogP contribution is 2.26. The van der Waals surface area contributed by atoms with Crippen LogP contribution in [0.1, 0.15) is 28.4 Å². The highest BCUT2D eigenvalue weighted by molar-refractivity contribution is 5.94. The molecule has 4 N–H and O–H groups in total. The van der Waals surface area contributed by atoms with Crippen LogP contribution >= 0.6 is 0 Å². The Bertz CT molecular complexity index is 904. The second-order valence-corrected chi connectivity index (χ2v) is 6.08. The Balaban J connectivity index is 1.72. The Labute approximate surface area is 152 Å². The first kappa shape index (κ1) is 17.4. The molecule has 0 radical (unpaired) electrons. The van der Waals surface area contributed by atoms with Gasteiger partial charge in [0.15, 0.2) is 17.4 Å². The molecule has 0 spiro atoms. The van der Waals surface area contributed by atoms with Gasteiger partial charge in [-0.3, -0.25) is 4.79 Å². The number of rotatable bonds is 6. The number of nitrogens with zero attached hydrogens (tertiary/aromatic N) is 2. The molecule has 0 amide bonds. The fraction of sp³-hybridized carbons (Fsp3) is 0.150. The fourth-order valence-corrected chi connectivity index (χ4v) is 2.45. The third-order valence-electron chi connectivity index (χ3n) is 4.02. The summed E-state index contributed by atoms with van der Waals surface area (Å²) in [5, 5.41) is 6.40. The van der Waals surface area contributed by atoms with E-state index in [1.807, 2.05) is 12.1 Å². The molecule has 0 aliphatic heterocycles. The van der Waals surface area contributed by atoms with Gasteiger partial charge in [-0.2, -0.15) is 0 Å². The number of benzene rings is 2. The van der Waals surface area contributed by atoms with Crippen molar-refractivity contribution in [3.05, 3.63) is 71.5 Å². The molecular weight excluding hydrogens is 326 g/mol. The van der Waals surface area contributed by atoms with Gasteiger partial charge >= 0.3 is 0 Å². The van der Waals surface area contributed by atoms with Gasteiger partial charge in [0.1, 0.15) is 12.0 Å². The van der Waals surface area contributed by atoms with E-state index in [1.165, 1.54) is 18.8 Å². The van der Waals surface area contributed by atoms with Crippen molar-refractivity contribution < 1.29 is 4.79 Å². The topological polar surface area (TPSA) is 92.9 Å². The smallest absolute Gasteiger partial charge is 0.159 e. The van der Waals surface area contributed by atoms with Gasteiger partial charge in [0, 0.05) is 17.8 Å². The second-order valence-electron chi connectivity index (χ2n) is 6.08. The Kier molecular flexibility index (Phi) is 5.12. The molecular formula is C20H21N5O. The first-order chi connectivity index (χ1) is 12.5. The molecule has 0 aliphatic rings. The molecule has 0 fully saturated rings. The average molecular weight is 347 g/mol. The predicted molar refractivity (Wildman–Crippen MR) is 105 cm³/mol. The van der Waals surface area contributed by atoms with E-state index in [0.717, 1.165) is 11.3 Å². The predicted octanol–water partition coefficient (Wildman–Crippen LogP) is 3.93. The first-order valence-corrected chi connectivity index (χ1v) is 8.31. The zero-order valence-corrected chi connectivity index (χ0v) is 14.8. The number of Topliss-reactive ketones (excluding diaryl/α,β-unsaturated/α-hetero) is 1. The second kappa shape index (κ2) is 7.65. The monoisotopic (exact) mass is 347 g/mol. The molecule has 6 nitrogen and oxygen atoms in total. The van der Waals surface area contributed by atoms with E-state index < -0.39 is 0 Å². The van der Waals surface area contributed by atoms with Crippen LogP contribution in [0, 0.1) is 6.92 Å². The molecule has 0 bridgehead atoms. The molecule has 2 aromatic carbocycles. The summed E-state index contributed by atoms with van der Waals surface area (Å²) in [4.78, 5) is 19.8. The summed E-state index contributed by atoms with van der Waals surface area (Å²) >= 11 is 0. The van der Waals surface area contributed by atoms with E-state index in [0.29, 0.717) is 29.4 Å². The lowest BCUT2D eigenvalue weighted by molar-refractivity contribution is 0.101. The maximum Gasteiger partial charge on any atom is 0.159 e. The van der Waals surface area contributed by atoms with Crippen molar-refractivity contribution in [1.82, 2.24) is 9.97 Å². The van der Waals surface area contributed by atoms with Crippen LogP contribution in [-0.4, -0.2) is 15.8 Å². The van der Waals surface area contributed by atoms with Crippen LogP contribution in [0.25, 0.3) is 0 Å². The highest BCUT2D eigenvalue weighted by Gasteiger charge is 2.09. The maximum absolute atomic E-state index is 11.4. The minimum absolute atomic E-state index is 0.0284. The van der Waals surface area contributed by atoms with Crippen LogP contribution in [-0.2, 0) is 6.54 Å². The number of carbonyl (C=O) groups excluding carboxylic acids is 1. The molecule has 6 heteroatoms. The Morgan fingerprint density at radius 3 is 2.31 bits per heavy atom. The lowest BCUT2D eigenvalue weighted by atomic mass is 10.1. The number of carbonyl (C=O) groups is 1. The minimum atomic E-state index is 0.0284. The van der Waals surface area contributed by atoms with Crippen molar-refractivity contribution in [3.8, 4) is 0 Å². The van der Waals surface area contributed by atoms with E-state index in [-0.39, 0.29) is 5.78 Å². The van der Waals surface area contributed by atoms with Crippen molar-refractivity contribution in [3.63, 3.8) is 0 Å². The van der Waals surface area contributed by atoms with Crippen LogP contribution in [0.2, 0.25) is 0 Å². The summed E-state index contributed by atoms with van der Waals surface area (Å²) in [5.74, 6) is 1.12. The van der Waals surface area contributed by atoms with E-state index in [2.05, 4.69) is 51.8 Å². The molecule has 1 heterocycles. The normalized spacial score (nSPS) is 10.4. The van der Waals surface area contributed by atoms with Crippen molar-refractivity contribution in [1.29, 1.82) is 0 Å². The Hall–Kier alpha value is -3.41. The standard InChI is InChI=1S/C20H21N5O/c1-13-3-5-15(6-4-13)11-22-19-18(21)20(24-12-23-19)25-17-9-7-16(8-10-17)14(2)26/h3-10,12H,11,21H2,1-2H3,(H2,22,23,24,25). The number of nitrogens with two attached hydrogens (primary N) is 1. The van der Waals surface area contributed by atoms with Gasteiger partial charge in [-0.25, -0.2) is 9.97 Å². The summed E-state index contributed by atoms with van der Waals surface area (Å²) in [6, 6.07) is 15.4. The van der Waals surface area contributed by atoms with Gasteiger partial charge in [0.05, 0.1) is 0 Å². The first-order valence-electron chi connectivity index (χ1n) is 8.31. The molecule has 0 unspecified atom stereocenters. The van der Waals surface area contributed by atoms with Gasteiger partial charge in [0.2, 0.25) is 0 Å². The average Bonchev–Trinajstić information content (AvgIpc) is 2.64. The summed E-state index contributed by atoms with van der Waals surface area (Å²) in [5.41, 5.74) is 10.5. The van der Waals surface area contributed by atoms with Crippen molar-refractivity contribution in [2.75, 3.05) is 16.4 Å². The molecule has 26 heavy (non-hydrogen) atoms. The molecule has 3 aromatic rings. The number of ketones is 1. The summed E-state index contributed by atoms with van der Waals surface area (Å²) in [7, 11) is 0. The number of aryl methyl sites for hydroxylation is 1. The van der Waals surface area contributed by atoms with Crippen molar-refractivity contribution in [2.24, 2.45) is 0 Å². The molecule has 0 aliphatic carbocycles. The zero-order chi connectivity index (χ0) is 18.5. The van der Waals surface area contributed by atoms with Crippen molar-refractivity contribution >= 4 is 28.8 Å². The number of anilines is 4. The maximum atomic E-state index is 11.4. The molecule has 0 saturated carbocycles. The van der Waals surface area contributed by atoms with Crippen LogP contribution in [0.15, 0.2) is 54.9 Å². The third-order valence-corrected chi connectivity index (χ3v) is 4.02. The SMILES string of the molecule is CC(=O)c1ccc(Nc2ncnc(NCc3ccc(C)cc3)c2N)cc1. The lowest BCUT2D eigenvalue weighted by Crippen LogP contribution is -2.08. The summed E-state index contributed by atoms with van der Waals surface area (Å²) < 4.78 is 0. The number of nitrogen functional groups attached to an aromatic ring is 1. The Morgan fingerprint density at radius 1 is 1.00 bits per heavy atom. The lowest BCUT2D eigenvalue weighted by Gasteiger charge is -2.13. The highest BCUT2D eigenvalue weighted by atomic mass is 16.1.